The van der Waals surface area contributed by atoms with Gasteiger partial charge in [-0.05, 0) is 80.7 Å². The van der Waals surface area contributed by atoms with Gasteiger partial charge < -0.3 is 9.30 Å². The molecule has 0 N–H and O–H groups in total. The lowest BCUT2D eigenvalue weighted by molar-refractivity contribution is -0.130. The highest BCUT2D eigenvalue weighted by Crippen LogP contribution is 2.30. The normalized spacial score (nSPS) is 17.8. The summed E-state index contributed by atoms with van der Waals surface area (Å²) < 4.78 is 48.5. The molecule has 0 saturated carbocycles. The molecule has 2 aromatic rings. The van der Waals surface area contributed by atoms with Gasteiger partial charge in [0.05, 0.1) is 24.8 Å². The Bertz CT molecular complexity index is 1330. The van der Waals surface area contributed by atoms with Gasteiger partial charge in [0, 0.05) is 19.3 Å². The third-order valence-electron chi connectivity index (χ3n) is 6.55. The lowest BCUT2D eigenvalue weighted by atomic mass is 10.0. The molecule has 1 amide bonds. The highest BCUT2D eigenvalue weighted by molar-refractivity contribution is 6.10. The van der Waals surface area contributed by atoms with Crippen molar-refractivity contribution in [2.45, 2.75) is 93.8 Å². The number of halogens is 3. The molecule has 2 unspecified atom stereocenters. The molecule has 4 rings (SSSR count). The maximum atomic E-state index is 14.2. The second-order valence-corrected chi connectivity index (χ2v) is 10.1. The Morgan fingerprint density at radius 1 is 1.16 bits per heavy atom. The number of allylic oxidation sites excluding steroid dienone is 2. The number of alkyl halides is 2. The molecule has 1 fully saturated rings. The average Bonchev–Trinajstić information content (AvgIpc) is 3.48. The summed E-state index contributed by atoms with van der Waals surface area (Å²) in [6.07, 6.45) is 8.62. The molecule has 0 bridgehead atoms. The SMILES string of the molecule is CC.CC.CCC.COc1cc(/C=C(\C)C2=NC(=O)C(C(/C=C(/F)C(C)F)=C/CF)N3CCCCN23)ccc1-n1cnc(C)c1. The molecule has 1 saturated heterocycles. The van der Waals surface area contributed by atoms with Crippen LogP contribution in [-0.2, 0) is 4.79 Å². The Labute approximate surface area is 268 Å². The summed E-state index contributed by atoms with van der Waals surface area (Å²) in [6, 6.07) is 4.73. The fourth-order valence-corrected chi connectivity index (χ4v) is 4.72. The number of ether oxygens (including phenoxy) is 1. The fourth-order valence-electron chi connectivity index (χ4n) is 4.72. The van der Waals surface area contributed by atoms with Crippen LogP contribution in [-0.4, -0.2) is 70.4 Å². The van der Waals surface area contributed by atoms with E-state index in [9.17, 15) is 18.0 Å². The Balaban J connectivity index is 0.00000134. The zero-order valence-corrected chi connectivity index (χ0v) is 28.7. The van der Waals surface area contributed by atoms with E-state index in [1.807, 2.05) is 81.6 Å². The number of fused-ring (bicyclic) bond motifs is 1. The first-order valence-corrected chi connectivity index (χ1v) is 16.0. The molecule has 7 nitrogen and oxygen atoms in total. The number of benzene rings is 1. The van der Waals surface area contributed by atoms with E-state index in [2.05, 4.69) is 23.8 Å². The molecule has 2 atom stereocenters. The van der Waals surface area contributed by atoms with Gasteiger partial charge in [-0.15, -0.1) is 0 Å². The molecule has 0 radical (unpaired) electrons. The Hall–Kier alpha value is -3.66. The number of aromatic nitrogens is 2. The number of nitrogens with zero attached hydrogens (tertiary/aromatic N) is 5. The number of hydrogen-bond donors (Lipinski definition) is 0. The number of carbonyl (C=O) groups is 1. The highest BCUT2D eigenvalue weighted by atomic mass is 19.2. The Morgan fingerprint density at radius 2 is 1.80 bits per heavy atom. The van der Waals surface area contributed by atoms with E-state index in [4.69, 9.17) is 4.74 Å². The Kier molecular flexibility index (Phi) is 17.8. The van der Waals surface area contributed by atoms with Gasteiger partial charge in [-0.1, -0.05) is 54.0 Å². The van der Waals surface area contributed by atoms with Crippen molar-refractivity contribution in [1.29, 1.82) is 0 Å². The number of carbonyl (C=O) groups excluding carboxylic acids is 1. The zero-order valence-electron chi connectivity index (χ0n) is 28.7. The summed E-state index contributed by atoms with van der Waals surface area (Å²) >= 11 is 0. The smallest absolute Gasteiger partial charge is 0.271 e. The van der Waals surface area contributed by atoms with Crippen LogP contribution in [0.25, 0.3) is 11.8 Å². The number of hydrazine groups is 1. The van der Waals surface area contributed by atoms with Crippen LogP contribution in [0, 0.1) is 6.92 Å². The van der Waals surface area contributed by atoms with Gasteiger partial charge in [-0.3, -0.25) is 9.80 Å². The summed E-state index contributed by atoms with van der Waals surface area (Å²) in [5.41, 5.74) is 3.38. The van der Waals surface area contributed by atoms with Crippen LogP contribution in [0.5, 0.6) is 5.75 Å². The molecule has 0 spiro atoms. The minimum absolute atomic E-state index is 0.0610. The van der Waals surface area contributed by atoms with E-state index >= 15 is 0 Å². The Morgan fingerprint density at radius 3 is 2.36 bits per heavy atom. The summed E-state index contributed by atoms with van der Waals surface area (Å²) in [7, 11) is 1.60. The summed E-state index contributed by atoms with van der Waals surface area (Å²) in [4.78, 5) is 21.9. The van der Waals surface area contributed by atoms with Crippen molar-refractivity contribution in [3.8, 4) is 11.4 Å². The number of rotatable bonds is 8. The highest BCUT2D eigenvalue weighted by Gasteiger charge is 2.40. The van der Waals surface area contributed by atoms with E-state index in [1.165, 1.54) is 6.42 Å². The van der Waals surface area contributed by atoms with Gasteiger partial charge in [0.2, 0.25) is 0 Å². The van der Waals surface area contributed by atoms with Crippen molar-refractivity contribution in [2.24, 2.45) is 4.99 Å². The third kappa shape index (κ3) is 10.7. The van der Waals surface area contributed by atoms with Crippen LogP contribution in [0.15, 0.2) is 64.8 Å². The number of amides is 1. The number of methoxy groups -OCH3 is 1. The average molecular weight is 632 g/mol. The third-order valence-corrected chi connectivity index (χ3v) is 6.55. The number of imidazole rings is 1. The number of amidine groups is 1. The van der Waals surface area contributed by atoms with Crippen molar-refractivity contribution in [3.63, 3.8) is 0 Å². The van der Waals surface area contributed by atoms with E-state index in [0.29, 0.717) is 24.7 Å². The minimum Gasteiger partial charge on any atom is -0.495 e. The second kappa shape index (κ2) is 20.4. The maximum Gasteiger partial charge on any atom is 0.271 e. The van der Waals surface area contributed by atoms with Crippen LogP contribution in [0.2, 0.25) is 0 Å². The van der Waals surface area contributed by atoms with Crippen molar-refractivity contribution >= 4 is 17.8 Å². The first-order chi connectivity index (χ1) is 21.6. The summed E-state index contributed by atoms with van der Waals surface area (Å²) in [6.45, 7) is 17.3. The van der Waals surface area contributed by atoms with Crippen molar-refractivity contribution in [1.82, 2.24) is 19.6 Å². The van der Waals surface area contributed by atoms with E-state index in [1.54, 1.807) is 18.4 Å². The standard InChI is InChI=1S/C28H32F3N5O2.C3H8.2C2H6/c1-18(13-21-7-8-24(25(14-21)38-4)34-16-19(2)32-17-34)27-33-28(37)26(35-11-5-6-12-36(27)35)22(9-10-29)15-23(31)20(3)30;1-3-2;2*1-2/h7-9,13-17,20,26H,5-6,10-12H2,1-4H3;3H2,1-2H3;2*1-2H3/b18-13+,22-9+,23-15+;;;. The molecule has 3 heterocycles. The first kappa shape index (κ1) is 39.4. The molecule has 10 heteroatoms. The fraction of sp³-hybridized carbons (Fsp3) is 0.514. The predicted octanol–water partition coefficient (Wildman–Crippen LogP) is 8.79. The van der Waals surface area contributed by atoms with Crippen LogP contribution in [0.1, 0.15) is 85.9 Å². The largest absolute Gasteiger partial charge is 0.495 e. The first-order valence-electron chi connectivity index (χ1n) is 16.0. The number of hydrogen-bond acceptors (Lipinski definition) is 5. The van der Waals surface area contributed by atoms with E-state index < -0.39 is 30.6 Å². The van der Waals surface area contributed by atoms with Crippen LogP contribution in [0.4, 0.5) is 13.2 Å². The van der Waals surface area contributed by atoms with E-state index in [0.717, 1.165) is 54.4 Å². The number of aryl methyl sites for hydroxylation is 1. The second-order valence-electron chi connectivity index (χ2n) is 10.1. The molecular weight excluding hydrogens is 579 g/mol. The molecule has 45 heavy (non-hydrogen) atoms. The molecule has 1 aromatic heterocycles. The quantitative estimate of drug-likeness (QED) is 0.273. The van der Waals surface area contributed by atoms with Crippen molar-refractivity contribution < 1.29 is 22.7 Å². The predicted molar refractivity (Wildman–Crippen MR) is 180 cm³/mol. The zero-order chi connectivity index (χ0) is 34.1. The van der Waals surface area contributed by atoms with Gasteiger partial charge in [0.1, 0.15) is 36.3 Å². The molecular formula is C35H52F3N5O2. The maximum absolute atomic E-state index is 14.2. The van der Waals surface area contributed by atoms with Gasteiger partial charge in [0.25, 0.3) is 5.91 Å². The van der Waals surface area contributed by atoms with Crippen LogP contribution >= 0.6 is 0 Å². The minimum atomic E-state index is -1.86. The van der Waals surface area contributed by atoms with E-state index in [-0.39, 0.29) is 5.57 Å². The summed E-state index contributed by atoms with van der Waals surface area (Å²) in [5.74, 6) is -0.482. The van der Waals surface area contributed by atoms with Crippen LogP contribution in [0.3, 0.4) is 0 Å². The molecule has 2 aliphatic heterocycles. The topological polar surface area (TPSA) is 63.0 Å². The van der Waals surface area contributed by atoms with Gasteiger partial charge >= 0.3 is 0 Å². The lowest BCUT2D eigenvalue weighted by Crippen LogP contribution is -2.60. The van der Waals surface area contributed by atoms with Crippen molar-refractivity contribution in [2.75, 3.05) is 26.9 Å². The molecule has 0 aliphatic carbocycles. The molecule has 1 aromatic carbocycles. The van der Waals surface area contributed by atoms with Gasteiger partial charge in [-0.2, -0.15) is 4.99 Å². The lowest BCUT2D eigenvalue weighted by Gasteiger charge is -2.47. The van der Waals surface area contributed by atoms with Gasteiger partial charge in [-0.25, -0.2) is 23.2 Å². The van der Waals surface area contributed by atoms with Crippen molar-refractivity contribution in [3.05, 3.63) is 71.1 Å². The summed E-state index contributed by atoms with van der Waals surface area (Å²) in [5, 5.41) is 3.67. The van der Waals surface area contributed by atoms with Crippen LogP contribution < -0.4 is 4.74 Å². The monoisotopic (exact) mass is 631 g/mol. The molecule has 250 valence electrons. The molecule has 2 aliphatic rings. The van der Waals surface area contributed by atoms with Gasteiger partial charge in [0.15, 0.2) is 0 Å². The number of aliphatic imine (C=N–C) groups is 1.